The first-order valence-electron chi connectivity index (χ1n) is 10.5. The van der Waals surface area contributed by atoms with Gasteiger partial charge in [0.2, 0.25) is 0 Å². The zero-order chi connectivity index (χ0) is 26.2. The number of halogens is 3. The number of amides is 1. The van der Waals surface area contributed by atoms with Gasteiger partial charge in [0.25, 0.3) is 5.91 Å². The van der Waals surface area contributed by atoms with Crippen LogP contribution in [0.15, 0.2) is 47.6 Å². The molecule has 0 saturated carbocycles. The molecular weight excluding hydrogens is 531 g/mol. The first-order chi connectivity index (χ1) is 17.3. The van der Waals surface area contributed by atoms with Gasteiger partial charge in [0.05, 0.1) is 30.6 Å². The van der Waals surface area contributed by atoms with E-state index in [2.05, 4.69) is 15.5 Å². The van der Waals surface area contributed by atoms with Crippen molar-refractivity contribution in [3.05, 3.63) is 80.0 Å². The molecule has 2 aromatic carbocycles. The molecule has 0 fully saturated rings. The van der Waals surface area contributed by atoms with E-state index in [9.17, 15) is 9.59 Å². The predicted molar refractivity (Wildman–Crippen MR) is 138 cm³/mol. The average molecular weight is 552 g/mol. The minimum atomic E-state index is -0.728. The van der Waals surface area contributed by atoms with Crippen LogP contribution in [0.3, 0.4) is 0 Å². The zero-order valence-corrected chi connectivity index (χ0v) is 21.4. The molecule has 0 bridgehead atoms. The number of carbonyl (C=O) groups is 2. The fourth-order valence-electron chi connectivity index (χ4n) is 3.02. The Kier molecular flexibility index (Phi) is 9.35. The van der Waals surface area contributed by atoms with Crippen LogP contribution in [0.25, 0.3) is 0 Å². The third-order valence-corrected chi connectivity index (χ3v) is 5.87. The molecule has 3 rings (SSSR count). The smallest absolute Gasteiger partial charge is 0.341 e. The lowest BCUT2D eigenvalue weighted by Crippen LogP contribution is -2.20. The van der Waals surface area contributed by atoms with Gasteiger partial charge in [-0.25, -0.2) is 15.2 Å². The number of anilines is 1. The summed E-state index contributed by atoms with van der Waals surface area (Å²) in [6.45, 7) is 2.07. The monoisotopic (exact) mass is 550 g/mol. The lowest BCUT2D eigenvalue weighted by Gasteiger charge is -2.13. The molecule has 0 spiro atoms. The van der Waals surface area contributed by atoms with E-state index in [0.29, 0.717) is 28.2 Å². The Hall–Kier alpha value is -3.53. The van der Waals surface area contributed by atoms with Crippen molar-refractivity contribution in [2.75, 3.05) is 19.5 Å². The largest absolute Gasteiger partial charge is 0.496 e. The number of para-hydroxylation sites is 1. The summed E-state index contributed by atoms with van der Waals surface area (Å²) in [7, 11) is 1.53. The SMILES string of the molecule is CCOC(=O)c1ccccc1OCc1cc(/C=N\NC(=O)c2nc(Cl)c(Cl)c(N)c2Cl)ccc1OC. The number of hydrazone groups is 1. The number of carbonyl (C=O) groups excluding carboxylic acids is 2. The van der Waals surface area contributed by atoms with E-state index >= 15 is 0 Å². The molecule has 36 heavy (non-hydrogen) atoms. The maximum Gasteiger partial charge on any atom is 0.341 e. The van der Waals surface area contributed by atoms with Crippen molar-refractivity contribution in [1.29, 1.82) is 0 Å². The van der Waals surface area contributed by atoms with Gasteiger partial charge >= 0.3 is 5.97 Å². The molecular formula is C24H21Cl3N4O5. The zero-order valence-electron chi connectivity index (χ0n) is 19.2. The number of rotatable bonds is 9. The van der Waals surface area contributed by atoms with Gasteiger partial charge in [0, 0.05) is 5.56 Å². The van der Waals surface area contributed by atoms with E-state index in [1.165, 1.54) is 13.3 Å². The summed E-state index contributed by atoms with van der Waals surface area (Å²) >= 11 is 17.8. The third kappa shape index (κ3) is 6.37. The van der Waals surface area contributed by atoms with E-state index in [-0.39, 0.29) is 39.8 Å². The molecule has 0 saturated heterocycles. The molecule has 3 N–H and O–H groups in total. The van der Waals surface area contributed by atoms with Crippen LogP contribution < -0.4 is 20.6 Å². The van der Waals surface area contributed by atoms with E-state index in [4.69, 9.17) is 54.7 Å². The molecule has 1 heterocycles. The van der Waals surface area contributed by atoms with Gasteiger partial charge < -0.3 is 19.9 Å². The Morgan fingerprint density at radius 2 is 1.86 bits per heavy atom. The summed E-state index contributed by atoms with van der Waals surface area (Å²) in [5.41, 5.74) is 9.39. The molecule has 188 valence electrons. The number of esters is 1. The van der Waals surface area contributed by atoms with Crippen LogP contribution in [0.2, 0.25) is 15.2 Å². The second-order valence-corrected chi connectivity index (χ2v) is 8.18. The first kappa shape index (κ1) is 27.1. The fraction of sp³-hybridized carbons (Fsp3) is 0.167. The van der Waals surface area contributed by atoms with Crippen LogP contribution in [0.1, 0.15) is 38.9 Å². The van der Waals surface area contributed by atoms with E-state index < -0.39 is 11.9 Å². The van der Waals surface area contributed by atoms with Crippen LogP contribution in [-0.2, 0) is 11.3 Å². The summed E-state index contributed by atoms with van der Waals surface area (Å²) in [6, 6.07) is 12.0. The topological polar surface area (TPSA) is 125 Å². The highest BCUT2D eigenvalue weighted by Gasteiger charge is 2.19. The maximum absolute atomic E-state index is 12.4. The molecule has 0 aliphatic carbocycles. The number of hydrogen-bond donors (Lipinski definition) is 2. The Bertz CT molecular complexity index is 1320. The van der Waals surface area contributed by atoms with Crippen LogP contribution in [0.5, 0.6) is 11.5 Å². The Balaban J connectivity index is 1.74. The standard InChI is InChI=1S/C24H21Cl3N4O5/c1-3-35-24(33)15-6-4-5-7-17(15)36-12-14-10-13(8-9-16(14)34-2)11-29-31-23(32)21-18(25)20(28)19(26)22(27)30-21/h4-11H,3,12H2,1-2H3,(H2,28,30)(H,31,32)/b29-11-. The normalized spacial score (nSPS) is 10.8. The van der Waals surface area contributed by atoms with Gasteiger partial charge in [-0.05, 0) is 42.8 Å². The maximum atomic E-state index is 12.4. The molecule has 0 unspecified atom stereocenters. The van der Waals surface area contributed by atoms with Gasteiger partial charge in [-0.3, -0.25) is 4.79 Å². The lowest BCUT2D eigenvalue weighted by atomic mass is 10.1. The quantitative estimate of drug-likeness (QED) is 0.163. The number of methoxy groups -OCH3 is 1. The fourth-order valence-corrected chi connectivity index (χ4v) is 3.61. The second kappa shape index (κ2) is 12.4. The van der Waals surface area contributed by atoms with Crippen molar-refractivity contribution < 1.29 is 23.8 Å². The summed E-state index contributed by atoms with van der Waals surface area (Å²) in [6.07, 6.45) is 1.40. The number of pyridine rings is 1. The number of nitrogens with one attached hydrogen (secondary N) is 1. The van der Waals surface area contributed by atoms with E-state index in [0.717, 1.165) is 0 Å². The first-order valence-corrected chi connectivity index (χ1v) is 11.6. The number of hydrogen-bond acceptors (Lipinski definition) is 8. The predicted octanol–water partition coefficient (Wildman–Crippen LogP) is 5.15. The Morgan fingerprint density at radius 3 is 2.58 bits per heavy atom. The van der Waals surface area contributed by atoms with Gasteiger partial charge in [-0.15, -0.1) is 0 Å². The summed E-state index contributed by atoms with van der Waals surface area (Å²) in [5.74, 6) is -0.272. The number of aromatic nitrogens is 1. The van der Waals surface area contributed by atoms with Crippen molar-refractivity contribution in [3.8, 4) is 11.5 Å². The number of nitrogens with zero attached hydrogens (tertiary/aromatic N) is 2. The van der Waals surface area contributed by atoms with Crippen LogP contribution in [0.4, 0.5) is 5.69 Å². The lowest BCUT2D eigenvalue weighted by molar-refractivity contribution is 0.0521. The minimum Gasteiger partial charge on any atom is -0.496 e. The summed E-state index contributed by atoms with van der Waals surface area (Å²) < 4.78 is 16.4. The van der Waals surface area contributed by atoms with Crippen molar-refractivity contribution in [1.82, 2.24) is 10.4 Å². The minimum absolute atomic E-state index is 0.0421. The van der Waals surface area contributed by atoms with E-state index in [1.54, 1.807) is 49.4 Å². The Labute approximate surface area is 222 Å². The highest BCUT2D eigenvalue weighted by molar-refractivity contribution is 6.46. The highest BCUT2D eigenvalue weighted by Crippen LogP contribution is 2.34. The third-order valence-electron chi connectivity index (χ3n) is 4.74. The second-order valence-electron chi connectivity index (χ2n) is 7.07. The van der Waals surface area contributed by atoms with Gasteiger partial charge in [-0.1, -0.05) is 46.9 Å². The molecule has 12 heteroatoms. The van der Waals surface area contributed by atoms with Gasteiger partial charge in [-0.2, -0.15) is 5.10 Å². The van der Waals surface area contributed by atoms with Crippen molar-refractivity contribution in [2.24, 2.45) is 5.10 Å². The molecule has 1 amide bonds. The molecule has 1 aromatic heterocycles. The molecule has 0 atom stereocenters. The van der Waals surface area contributed by atoms with Crippen molar-refractivity contribution in [3.63, 3.8) is 0 Å². The summed E-state index contributed by atoms with van der Waals surface area (Å²) in [4.78, 5) is 28.5. The van der Waals surface area contributed by atoms with Crippen molar-refractivity contribution >= 4 is 58.6 Å². The molecule has 3 aromatic rings. The average Bonchev–Trinajstić information content (AvgIpc) is 2.88. The van der Waals surface area contributed by atoms with Crippen LogP contribution in [0, 0.1) is 0 Å². The number of nitrogens with two attached hydrogens (primary N) is 1. The number of benzene rings is 2. The van der Waals surface area contributed by atoms with Gasteiger partial charge in [0.1, 0.15) is 28.7 Å². The van der Waals surface area contributed by atoms with Crippen molar-refractivity contribution in [2.45, 2.75) is 13.5 Å². The number of ether oxygens (including phenoxy) is 3. The van der Waals surface area contributed by atoms with Gasteiger partial charge in [0.15, 0.2) is 10.8 Å². The highest BCUT2D eigenvalue weighted by atomic mass is 35.5. The van der Waals surface area contributed by atoms with E-state index in [1.807, 2.05) is 0 Å². The number of nitrogen functional groups attached to an aromatic ring is 1. The molecule has 0 aliphatic rings. The molecule has 9 nitrogen and oxygen atoms in total. The summed E-state index contributed by atoms with van der Waals surface area (Å²) in [5, 5.41) is 3.60. The van der Waals surface area contributed by atoms with Crippen LogP contribution >= 0.6 is 34.8 Å². The van der Waals surface area contributed by atoms with Crippen LogP contribution in [-0.4, -0.2) is 36.8 Å². The molecule has 0 radical (unpaired) electrons. The Morgan fingerprint density at radius 1 is 1.11 bits per heavy atom. The molecule has 0 aliphatic heterocycles.